The van der Waals surface area contributed by atoms with Crippen LogP contribution in [-0.2, 0) is 9.53 Å². The second kappa shape index (κ2) is 4.59. The lowest BCUT2D eigenvalue weighted by Gasteiger charge is -2.22. The molecular formula is C11H9BrF2O2. The van der Waals surface area contributed by atoms with Crippen LogP contribution in [0.3, 0.4) is 0 Å². The Labute approximate surface area is 99.7 Å². The minimum atomic E-state index is -0.684. The highest BCUT2D eigenvalue weighted by atomic mass is 79.9. The summed E-state index contributed by atoms with van der Waals surface area (Å²) in [6.45, 7) is 0.308. The summed E-state index contributed by atoms with van der Waals surface area (Å²) in [5.41, 5.74) is 0.367. The molecule has 0 aromatic heterocycles. The van der Waals surface area contributed by atoms with Crippen LogP contribution in [0.2, 0.25) is 0 Å². The number of carbonyl (C=O) groups is 1. The van der Waals surface area contributed by atoms with Crippen molar-refractivity contribution >= 4 is 21.7 Å². The molecule has 1 aliphatic rings. The predicted octanol–water partition coefficient (Wildman–Crippen LogP) is 3.15. The lowest BCUT2D eigenvalue weighted by Crippen LogP contribution is -2.19. The first kappa shape index (κ1) is 11.7. The first-order valence-corrected chi connectivity index (χ1v) is 5.65. The third kappa shape index (κ3) is 2.30. The Balaban J connectivity index is 2.30. The number of hydrogen-bond acceptors (Lipinski definition) is 2. The lowest BCUT2D eigenvalue weighted by molar-refractivity contribution is -0.128. The van der Waals surface area contributed by atoms with Gasteiger partial charge < -0.3 is 4.74 Å². The van der Waals surface area contributed by atoms with Crippen LogP contribution in [0.1, 0.15) is 24.5 Å². The van der Waals surface area contributed by atoms with Crippen molar-refractivity contribution in [1.82, 2.24) is 0 Å². The molecule has 2 nitrogen and oxygen atoms in total. The van der Waals surface area contributed by atoms with Gasteiger partial charge in [0.1, 0.15) is 17.4 Å². The summed E-state index contributed by atoms with van der Waals surface area (Å²) in [7, 11) is 0. The van der Waals surface area contributed by atoms with Crippen LogP contribution < -0.4 is 0 Å². The third-order valence-electron chi connectivity index (χ3n) is 2.49. The van der Waals surface area contributed by atoms with Crippen molar-refractivity contribution in [3.63, 3.8) is 0 Å². The number of ether oxygens (including phenoxy) is 1. The molecule has 1 unspecified atom stereocenters. The molecule has 1 atom stereocenters. The molecule has 86 valence electrons. The fraction of sp³-hybridized carbons (Fsp3) is 0.364. The van der Waals surface area contributed by atoms with Gasteiger partial charge in [0.25, 0.3) is 0 Å². The van der Waals surface area contributed by atoms with Crippen LogP contribution in [0.25, 0.3) is 0 Å². The number of carbonyl (C=O) groups excluding carboxylic acids is 1. The van der Waals surface area contributed by atoms with Crippen molar-refractivity contribution in [2.45, 2.75) is 18.9 Å². The smallest absolute Gasteiger partial charge is 0.140 e. The van der Waals surface area contributed by atoms with Crippen molar-refractivity contribution in [2.24, 2.45) is 0 Å². The fourth-order valence-electron chi connectivity index (χ4n) is 1.66. The molecule has 0 amide bonds. The highest BCUT2D eigenvalue weighted by Gasteiger charge is 2.23. The molecule has 1 saturated heterocycles. The highest BCUT2D eigenvalue weighted by Crippen LogP contribution is 2.30. The summed E-state index contributed by atoms with van der Waals surface area (Å²) in [6.07, 6.45) is 0.0248. The molecule has 0 spiro atoms. The number of halogens is 3. The minimum Gasteiger partial charge on any atom is -0.373 e. The number of Topliss-reactive ketones (excluding diaryl/α,β-unsaturated/α-hetero) is 1. The standard InChI is InChI=1S/C11H9BrF2O2/c12-11-8(13)3-6(4-9(11)14)10-5-7(15)1-2-16-10/h3-4,10H,1-2,5H2. The van der Waals surface area contributed by atoms with E-state index in [1.54, 1.807) is 0 Å². The van der Waals surface area contributed by atoms with Crippen LogP contribution >= 0.6 is 15.9 Å². The molecule has 1 aromatic rings. The number of ketones is 1. The van der Waals surface area contributed by atoms with Crippen LogP contribution in [0.5, 0.6) is 0 Å². The molecule has 0 bridgehead atoms. The van der Waals surface area contributed by atoms with Gasteiger partial charge in [0.15, 0.2) is 0 Å². The molecular weight excluding hydrogens is 282 g/mol. The van der Waals surface area contributed by atoms with E-state index < -0.39 is 17.7 Å². The van der Waals surface area contributed by atoms with Crippen molar-refractivity contribution in [3.05, 3.63) is 33.8 Å². The number of benzene rings is 1. The molecule has 0 radical (unpaired) electrons. The van der Waals surface area contributed by atoms with E-state index in [1.165, 1.54) is 12.1 Å². The maximum absolute atomic E-state index is 13.3. The zero-order valence-corrected chi connectivity index (χ0v) is 9.89. The molecule has 1 aromatic carbocycles. The maximum atomic E-state index is 13.3. The Morgan fingerprint density at radius 3 is 2.50 bits per heavy atom. The summed E-state index contributed by atoms with van der Waals surface area (Å²) in [5, 5.41) is 0. The lowest BCUT2D eigenvalue weighted by atomic mass is 10.0. The van der Waals surface area contributed by atoms with E-state index >= 15 is 0 Å². The first-order valence-electron chi connectivity index (χ1n) is 4.85. The molecule has 0 saturated carbocycles. The van der Waals surface area contributed by atoms with E-state index in [9.17, 15) is 13.6 Å². The monoisotopic (exact) mass is 290 g/mol. The zero-order valence-electron chi connectivity index (χ0n) is 8.30. The highest BCUT2D eigenvalue weighted by molar-refractivity contribution is 9.10. The van der Waals surface area contributed by atoms with Crippen LogP contribution in [-0.4, -0.2) is 12.4 Å². The third-order valence-corrected chi connectivity index (χ3v) is 3.25. The first-order chi connectivity index (χ1) is 7.58. The van der Waals surface area contributed by atoms with E-state index in [4.69, 9.17) is 4.74 Å². The van der Waals surface area contributed by atoms with E-state index in [0.29, 0.717) is 18.6 Å². The molecule has 1 aliphatic heterocycles. The van der Waals surface area contributed by atoms with Gasteiger partial charge >= 0.3 is 0 Å². The second-order valence-corrected chi connectivity index (χ2v) is 4.44. The predicted molar refractivity (Wildman–Crippen MR) is 57.0 cm³/mol. The Morgan fingerprint density at radius 1 is 1.31 bits per heavy atom. The second-order valence-electron chi connectivity index (χ2n) is 3.65. The molecule has 0 N–H and O–H groups in total. The summed E-state index contributed by atoms with van der Waals surface area (Å²) in [6, 6.07) is 2.38. The quantitative estimate of drug-likeness (QED) is 0.743. The van der Waals surface area contributed by atoms with E-state index in [2.05, 4.69) is 15.9 Å². The molecule has 2 rings (SSSR count). The summed E-state index contributed by atoms with van der Waals surface area (Å²) in [4.78, 5) is 11.2. The summed E-state index contributed by atoms with van der Waals surface area (Å²) < 4.78 is 31.6. The average molecular weight is 291 g/mol. The van der Waals surface area contributed by atoms with Gasteiger partial charge in [-0.25, -0.2) is 8.78 Å². The van der Waals surface area contributed by atoms with Gasteiger partial charge in [0.2, 0.25) is 0 Å². The fourth-order valence-corrected chi connectivity index (χ4v) is 1.89. The topological polar surface area (TPSA) is 26.3 Å². The number of hydrogen-bond donors (Lipinski definition) is 0. The number of rotatable bonds is 1. The normalized spacial score (nSPS) is 21.2. The van der Waals surface area contributed by atoms with Crippen molar-refractivity contribution in [1.29, 1.82) is 0 Å². The van der Waals surface area contributed by atoms with Gasteiger partial charge in [-0.05, 0) is 33.6 Å². The van der Waals surface area contributed by atoms with Gasteiger partial charge in [0.05, 0.1) is 17.2 Å². The van der Waals surface area contributed by atoms with Crippen molar-refractivity contribution in [3.8, 4) is 0 Å². The average Bonchev–Trinajstić information content (AvgIpc) is 2.25. The Hall–Kier alpha value is -0.810. The van der Waals surface area contributed by atoms with Gasteiger partial charge in [-0.3, -0.25) is 4.79 Å². The maximum Gasteiger partial charge on any atom is 0.140 e. The van der Waals surface area contributed by atoms with E-state index in [-0.39, 0.29) is 16.7 Å². The van der Waals surface area contributed by atoms with Crippen LogP contribution in [0.4, 0.5) is 8.78 Å². The van der Waals surface area contributed by atoms with E-state index in [1.807, 2.05) is 0 Å². The molecule has 16 heavy (non-hydrogen) atoms. The van der Waals surface area contributed by atoms with Gasteiger partial charge in [-0.1, -0.05) is 0 Å². The van der Waals surface area contributed by atoms with Crippen LogP contribution in [0, 0.1) is 11.6 Å². The molecule has 5 heteroatoms. The SMILES string of the molecule is O=C1CCOC(c2cc(F)c(Br)c(F)c2)C1. The molecule has 0 aliphatic carbocycles. The van der Waals surface area contributed by atoms with Crippen molar-refractivity contribution < 1.29 is 18.3 Å². The minimum absolute atomic E-state index is 0.0555. The molecule has 1 fully saturated rings. The zero-order chi connectivity index (χ0) is 11.7. The Kier molecular flexibility index (Phi) is 3.35. The van der Waals surface area contributed by atoms with Crippen molar-refractivity contribution in [2.75, 3.05) is 6.61 Å². The Bertz CT molecular complexity index is 411. The summed E-state index contributed by atoms with van der Waals surface area (Å²) >= 11 is 2.79. The largest absolute Gasteiger partial charge is 0.373 e. The van der Waals surface area contributed by atoms with Gasteiger partial charge in [-0.2, -0.15) is 0 Å². The van der Waals surface area contributed by atoms with Gasteiger partial charge in [-0.15, -0.1) is 0 Å². The van der Waals surface area contributed by atoms with E-state index in [0.717, 1.165) is 0 Å². The molecule has 1 heterocycles. The van der Waals surface area contributed by atoms with Gasteiger partial charge in [0, 0.05) is 12.8 Å². The Morgan fingerprint density at radius 2 is 1.94 bits per heavy atom. The summed E-state index contributed by atoms with van der Waals surface area (Å²) in [5.74, 6) is -1.31. The van der Waals surface area contributed by atoms with Crippen LogP contribution in [0.15, 0.2) is 16.6 Å².